The van der Waals surface area contributed by atoms with Gasteiger partial charge in [0.05, 0.1) is 38.1 Å². The van der Waals surface area contributed by atoms with Gasteiger partial charge in [0.15, 0.2) is 6.10 Å². The Hall–Kier alpha value is -2.00. The molecule has 2 fully saturated rings. The van der Waals surface area contributed by atoms with Crippen molar-refractivity contribution in [1.29, 1.82) is 0 Å². The standard InChI is InChI=1S/C14H20O3.C10H16O5/c1-11-8-13(15-2)14(10-16-11)17-9-12-6-4-3-5-7-12;1-6-4-9(14-7(2)11)10(5-13-6)15-8(3)12/h3-7,11,13-14H,8-10H2,1-2H3;6,9-10H,4-5H2,1-3H3. The molecule has 2 saturated heterocycles. The van der Waals surface area contributed by atoms with E-state index in [0.29, 0.717) is 19.6 Å². The smallest absolute Gasteiger partial charge is 0.303 e. The summed E-state index contributed by atoms with van der Waals surface area (Å²) < 4.78 is 32.4. The number of methoxy groups -OCH3 is 1. The van der Waals surface area contributed by atoms with E-state index in [-0.39, 0.29) is 37.0 Å². The Morgan fingerprint density at radius 1 is 0.844 bits per heavy atom. The maximum absolute atomic E-state index is 10.8. The molecule has 0 amide bonds. The third kappa shape index (κ3) is 9.24. The van der Waals surface area contributed by atoms with Crippen molar-refractivity contribution in [3.63, 3.8) is 0 Å². The van der Waals surface area contributed by atoms with Gasteiger partial charge < -0.3 is 28.4 Å². The summed E-state index contributed by atoms with van der Waals surface area (Å²) in [6, 6.07) is 10.2. The molecule has 8 heteroatoms. The quantitative estimate of drug-likeness (QED) is 0.609. The molecule has 2 aliphatic rings. The molecule has 0 N–H and O–H groups in total. The molecule has 2 aliphatic heterocycles. The molecular formula is C24H36O8. The molecular weight excluding hydrogens is 416 g/mol. The molecule has 180 valence electrons. The minimum absolute atomic E-state index is 0.0150. The number of rotatable bonds is 6. The van der Waals surface area contributed by atoms with Crippen molar-refractivity contribution in [2.24, 2.45) is 0 Å². The lowest BCUT2D eigenvalue weighted by Gasteiger charge is -2.33. The van der Waals surface area contributed by atoms with Crippen LogP contribution in [0.2, 0.25) is 0 Å². The lowest BCUT2D eigenvalue weighted by Crippen LogP contribution is -2.45. The first-order chi connectivity index (χ1) is 15.3. The highest BCUT2D eigenvalue weighted by molar-refractivity contribution is 5.67. The molecule has 0 spiro atoms. The number of hydrogen-bond acceptors (Lipinski definition) is 8. The van der Waals surface area contributed by atoms with Gasteiger partial charge in [-0.15, -0.1) is 0 Å². The molecule has 0 bridgehead atoms. The largest absolute Gasteiger partial charge is 0.458 e. The molecule has 8 nitrogen and oxygen atoms in total. The first-order valence-corrected chi connectivity index (χ1v) is 11.0. The predicted molar refractivity (Wildman–Crippen MR) is 117 cm³/mol. The summed E-state index contributed by atoms with van der Waals surface area (Å²) in [4.78, 5) is 21.7. The Balaban J connectivity index is 0.000000229. The van der Waals surface area contributed by atoms with Gasteiger partial charge >= 0.3 is 11.9 Å². The van der Waals surface area contributed by atoms with Crippen molar-refractivity contribution >= 4 is 11.9 Å². The van der Waals surface area contributed by atoms with Crippen molar-refractivity contribution in [2.75, 3.05) is 20.3 Å². The van der Waals surface area contributed by atoms with Crippen LogP contribution in [0.5, 0.6) is 0 Å². The lowest BCUT2D eigenvalue weighted by atomic mass is 10.0. The second-order valence-electron chi connectivity index (χ2n) is 8.16. The molecule has 0 aliphatic carbocycles. The van der Waals surface area contributed by atoms with Gasteiger partial charge in [-0.1, -0.05) is 30.3 Å². The van der Waals surface area contributed by atoms with E-state index in [4.69, 9.17) is 28.4 Å². The number of ether oxygens (including phenoxy) is 6. The van der Waals surface area contributed by atoms with E-state index in [0.717, 1.165) is 6.42 Å². The van der Waals surface area contributed by atoms with Crippen LogP contribution < -0.4 is 0 Å². The summed E-state index contributed by atoms with van der Waals surface area (Å²) in [6.07, 6.45) is 1.03. The summed E-state index contributed by atoms with van der Waals surface area (Å²) in [5.74, 6) is -0.762. The van der Waals surface area contributed by atoms with Crippen molar-refractivity contribution in [3.8, 4) is 0 Å². The van der Waals surface area contributed by atoms with Crippen LogP contribution in [-0.4, -0.2) is 68.9 Å². The highest BCUT2D eigenvalue weighted by Gasteiger charge is 2.34. The normalized spacial score (nSPS) is 29.9. The van der Waals surface area contributed by atoms with Gasteiger partial charge in [0, 0.05) is 33.8 Å². The molecule has 0 saturated carbocycles. The van der Waals surface area contributed by atoms with Gasteiger partial charge in [0.1, 0.15) is 12.2 Å². The molecule has 0 radical (unpaired) electrons. The van der Waals surface area contributed by atoms with Gasteiger partial charge in [-0.05, 0) is 19.4 Å². The topological polar surface area (TPSA) is 89.5 Å². The van der Waals surface area contributed by atoms with Crippen LogP contribution >= 0.6 is 0 Å². The molecule has 1 aromatic carbocycles. The monoisotopic (exact) mass is 452 g/mol. The highest BCUT2D eigenvalue weighted by atomic mass is 16.6. The van der Waals surface area contributed by atoms with E-state index in [1.165, 1.54) is 19.4 Å². The van der Waals surface area contributed by atoms with Crippen molar-refractivity contribution in [1.82, 2.24) is 0 Å². The number of esters is 2. The number of carbonyl (C=O) groups is 2. The molecule has 0 aromatic heterocycles. The van der Waals surface area contributed by atoms with Crippen LogP contribution in [0.15, 0.2) is 30.3 Å². The number of hydrogen-bond donors (Lipinski definition) is 0. The first kappa shape index (κ1) is 26.3. The van der Waals surface area contributed by atoms with Crippen LogP contribution in [-0.2, 0) is 44.6 Å². The minimum atomic E-state index is -0.484. The Morgan fingerprint density at radius 3 is 1.94 bits per heavy atom. The molecule has 6 atom stereocenters. The second kappa shape index (κ2) is 13.5. The van der Waals surface area contributed by atoms with Gasteiger partial charge in [0.2, 0.25) is 0 Å². The summed E-state index contributed by atoms with van der Waals surface area (Å²) in [6.45, 7) is 8.13. The highest BCUT2D eigenvalue weighted by Crippen LogP contribution is 2.21. The lowest BCUT2D eigenvalue weighted by molar-refractivity contribution is -0.185. The Labute approximate surface area is 190 Å². The van der Waals surface area contributed by atoms with E-state index in [9.17, 15) is 9.59 Å². The summed E-state index contributed by atoms with van der Waals surface area (Å²) in [7, 11) is 1.74. The van der Waals surface area contributed by atoms with Gasteiger partial charge in [0.25, 0.3) is 0 Å². The van der Waals surface area contributed by atoms with Crippen molar-refractivity contribution in [2.45, 2.75) is 83.8 Å². The summed E-state index contributed by atoms with van der Waals surface area (Å²) in [5, 5.41) is 0. The zero-order valence-electron chi connectivity index (χ0n) is 19.7. The maximum atomic E-state index is 10.8. The van der Waals surface area contributed by atoms with Gasteiger partial charge in [-0.3, -0.25) is 9.59 Å². The average molecular weight is 453 g/mol. The minimum Gasteiger partial charge on any atom is -0.458 e. The SMILES string of the molecule is CC(=O)OC1COC(C)CC1OC(C)=O.COC1CC(C)OCC1OCc1ccccc1. The van der Waals surface area contributed by atoms with Crippen LogP contribution in [0.3, 0.4) is 0 Å². The van der Waals surface area contributed by atoms with Crippen LogP contribution in [0.4, 0.5) is 0 Å². The third-order valence-corrected chi connectivity index (χ3v) is 5.29. The van der Waals surface area contributed by atoms with E-state index in [2.05, 4.69) is 19.1 Å². The van der Waals surface area contributed by atoms with Crippen molar-refractivity contribution in [3.05, 3.63) is 35.9 Å². The Bertz CT molecular complexity index is 694. The van der Waals surface area contributed by atoms with Crippen molar-refractivity contribution < 1.29 is 38.0 Å². The van der Waals surface area contributed by atoms with Gasteiger partial charge in [-0.2, -0.15) is 0 Å². The predicted octanol–water partition coefficient (Wildman–Crippen LogP) is 3.05. The molecule has 3 rings (SSSR count). The maximum Gasteiger partial charge on any atom is 0.303 e. The molecule has 1 aromatic rings. The van der Waals surface area contributed by atoms with E-state index < -0.39 is 18.2 Å². The van der Waals surface area contributed by atoms with E-state index in [1.807, 2.05) is 25.1 Å². The summed E-state index contributed by atoms with van der Waals surface area (Å²) in [5.41, 5.74) is 1.18. The fourth-order valence-electron chi connectivity index (χ4n) is 3.67. The van der Waals surface area contributed by atoms with Gasteiger partial charge in [-0.25, -0.2) is 0 Å². The second-order valence-corrected chi connectivity index (χ2v) is 8.16. The van der Waals surface area contributed by atoms with Crippen LogP contribution in [0.25, 0.3) is 0 Å². The zero-order valence-corrected chi connectivity index (χ0v) is 19.7. The number of carbonyl (C=O) groups excluding carboxylic acids is 2. The Morgan fingerprint density at radius 2 is 1.38 bits per heavy atom. The fourth-order valence-corrected chi connectivity index (χ4v) is 3.67. The third-order valence-electron chi connectivity index (χ3n) is 5.29. The number of benzene rings is 1. The Kier molecular flexibility index (Phi) is 11.1. The molecule has 32 heavy (non-hydrogen) atoms. The zero-order chi connectivity index (χ0) is 23.5. The average Bonchev–Trinajstić information content (AvgIpc) is 2.75. The van der Waals surface area contributed by atoms with Crippen LogP contribution in [0, 0.1) is 0 Å². The van der Waals surface area contributed by atoms with Crippen LogP contribution in [0.1, 0.15) is 46.1 Å². The molecule has 6 unspecified atom stereocenters. The van der Waals surface area contributed by atoms with E-state index in [1.54, 1.807) is 7.11 Å². The molecule has 2 heterocycles. The summed E-state index contributed by atoms with van der Waals surface area (Å²) >= 11 is 0. The fraction of sp³-hybridized carbons (Fsp3) is 0.667. The van der Waals surface area contributed by atoms with E-state index >= 15 is 0 Å². The first-order valence-electron chi connectivity index (χ1n) is 11.0.